The lowest BCUT2D eigenvalue weighted by Crippen LogP contribution is -2.40. The lowest BCUT2D eigenvalue weighted by Gasteiger charge is -1.91. The third-order valence-corrected chi connectivity index (χ3v) is 1.23. The molecule has 4 heteroatoms. The quantitative estimate of drug-likeness (QED) is 0.596. The van der Waals surface area contributed by atoms with Crippen molar-refractivity contribution in [2.45, 2.75) is 0 Å². The molecule has 0 fully saturated rings. The Morgan fingerprint density at radius 2 is 2.45 bits per heavy atom. The number of carboxylic acid groups (broad SMARTS) is 1. The van der Waals surface area contributed by atoms with Crippen LogP contribution in [0.5, 0.6) is 0 Å². The first-order valence-corrected chi connectivity index (χ1v) is 3.03. The second-order valence-corrected chi connectivity index (χ2v) is 1.94. The van der Waals surface area contributed by atoms with Gasteiger partial charge in [-0.15, -0.1) is 0 Å². The number of hydrogen-bond donors (Lipinski definition) is 1. The number of aromatic nitrogens is 1. The molecule has 0 aliphatic carbocycles. The van der Waals surface area contributed by atoms with Crippen molar-refractivity contribution >= 4 is 5.97 Å². The van der Waals surface area contributed by atoms with Gasteiger partial charge in [-0.2, -0.15) is 0 Å². The Kier molecular flexibility index (Phi) is 2.06. The topological polar surface area (TPSA) is 50.4 Å². The molecular weight excluding hydrogens is 146 g/mol. The lowest BCUT2D eigenvalue weighted by atomic mass is 10.3. The monoisotopic (exact) mass is 154 g/mol. The van der Waals surface area contributed by atoms with Crippen LogP contribution in [0.1, 0.15) is 10.4 Å². The van der Waals surface area contributed by atoms with Crippen LogP contribution in [0.4, 0.5) is 0 Å². The van der Waals surface area contributed by atoms with Gasteiger partial charge in [0.2, 0.25) is 12.4 Å². The first-order chi connectivity index (χ1) is 5.24. The maximum absolute atomic E-state index is 10.4. The van der Waals surface area contributed by atoms with Gasteiger partial charge >= 0.3 is 5.97 Å². The molecule has 0 bridgehead atoms. The zero-order valence-electron chi connectivity index (χ0n) is 6.02. The molecule has 1 heterocycles. The molecule has 0 saturated heterocycles. The van der Waals surface area contributed by atoms with Crippen molar-refractivity contribution < 1.29 is 19.5 Å². The van der Waals surface area contributed by atoms with Crippen molar-refractivity contribution in [2.75, 3.05) is 7.11 Å². The highest BCUT2D eigenvalue weighted by atomic mass is 16.6. The van der Waals surface area contributed by atoms with Crippen molar-refractivity contribution in [3.63, 3.8) is 0 Å². The van der Waals surface area contributed by atoms with Crippen molar-refractivity contribution in [2.24, 2.45) is 0 Å². The average molecular weight is 154 g/mol. The minimum absolute atomic E-state index is 0.203. The fraction of sp³-hybridized carbons (Fsp3) is 0.143. The fourth-order valence-corrected chi connectivity index (χ4v) is 0.695. The van der Waals surface area contributed by atoms with Gasteiger partial charge < -0.3 is 5.11 Å². The molecule has 0 atom stereocenters. The molecule has 1 N–H and O–H groups in total. The van der Waals surface area contributed by atoms with Crippen LogP contribution < -0.4 is 9.57 Å². The molecule has 4 nitrogen and oxygen atoms in total. The van der Waals surface area contributed by atoms with Gasteiger partial charge in [-0.1, -0.05) is 0 Å². The van der Waals surface area contributed by atoms with Crippen molar-refractivity contribution in [3.8, 4) is 0 Å². The van der Waals surface area contributed by atoms with Crippen LogP contribution in [0.3, 0.4) is 0 Å². The predicted octanol–water partition coefficient (Wildman–Crippen LogP) is -0.269. The van der Waals surface area contributed by atoms with Gasteiger partial charge in [-0.25, -0.2) is 4.79 Å². The largest absolute Gasteiger partial charge is 0.477 e. The van der Waals surface area contributed by atoms with Gasteiger partial charge in [-0.3, -0.25) is 4.84 Å². The highest BCUT2D eigenvalue weighted by Crippen LogP contribution is 1.91. The van der Waals surface area contributed by atoms with Gasteiger partial charge in [0, 0.05) is 10.8 Å². The number of aromatic carboxylic acids is 1. The van der Waals surface area contributed by atoms with Gasteiger partial charge in [0.15, 0.2) is 0 Å². The highest BCUT2D eigenvalue weighted by Gasteiger charge is 2.07. The molecular formula is C7H8NO3+. The van der Waals surface area contributed by atoms with E-state index in [2.05, 4.69) is 0 Å². The lowest BCUT2D eigenvalue weighted by molar-refractivity contribution is -0.885. The maximum Gasteiger partial charge on any atom is 0.341 e. The smallest absolute Gasteiger partial charge is 0.341 e. The van der Waals surface area contributed by atoms with E-state index < -0.39 is 5.97 Å². The van der Waals surface area contributed by atoms with Crippen molar-refractivity contribution in [1.82, 2.24) is 0 Å². The molecule has 0 spiro atoms. The molecule has 11 heavy (non-hydrogen) atoms. The molecule has 0 unspecified atom stereocenters. The Bertz CT molecular complexity index is 272. The van der Waals surface area contributed by atoms with E-state index >= 15 is 0 Å². The standard InChI is InChI=1S/C7H7NO3/c1-11-8-4-2-3-6(5-8)7(9)10/h2-5H,1H3/p+1. The number of carbonyl (C=O) groups is 1. The average Bonchev–Trinajstić information content (AvgIpc) is 2.05. The van der Waals surface area contributed by atoms with E-state index in [4.69, 9.17) is 9.94 Å². The van der Waals surface area contributed by atoms with Crippen LogP contribution in [0, 0.1) is 0 Å². The molecule has 0 amide bonds. The number of carboxylic acids is 1. The summed E-state index contributed by atoms with van der Waals surface area (Å²) in [5.74, 6) is -0.962. The Labute approximate surface area is 63.6 Å². The van der Waals surface area contributed by atoms with E-state index in [1.165, 1.54) is 24.1 Å². The Hall–Kier alpha value is -1.58. The molecule has 0 aromatic carbocycles. The van der Waals surface area contributed by atoms with Crippen molar-refractivity contribution in [1.29, 1.82) is 0 Å². The summed E-state index contributed by atoms with van der Waals surface area (Å²) in [6.07, 6.45) is 3.01. The molecule has 1 aromatic heterocycles. The second kappa shape index (κ2) is 3.01. The van der Waals surface area contributed by atoms with Crippen LogP contribution in [0.2, 0.25) is 0 Å². The molecule has 58 valence electrons. The summed E-state index contributed by atoms with van der Waals surface area (Å²) in [5, 5.41) is 8.54. The summed E-state index contributed by atoms with van der Waals surface area (Å²) in [4.78, 5) is 15.2. The normalized spacial score (nSPS) is 9.18. The first-order valence-electron chi connectivity index (χ1n) is 3.03. The number of nitrogens with zero attached hydrogens (tertiary/aromatic N) is 1. The van der Waals surface area contributed by atoms with E-state index in [0.29, 0.717) is 0 Å². The predicted molar refractivity (Wildman–Crippen MR) is 36.1 cm³/mol. The van der Waals surface area contributed by atoms with E-state index in [1.807, 2.05) is 0 Å². The summed E-state index contributed by atoms with van der Waals surface area (Å²) >= 11 is 0. The minimum Gasteiger partial charge on any atom is -0.477 e. The van der Waals surface area contributed by atoms with Crippen LogP contribution in [-0.2, 0) is 0 Å². The van der Waals surface area contributed by atoms with Gasteiger partial charge in [0.25, 0.3) is 0 Å². The third-order valence-electron chi connectivity index (χ3n) is 1.23. The minimum atomic E-state index is -0.962. The third kappa shape index (κ3) is 1.67. The van der Waals surface area contributed by atoms with E-state index in [9.17, 15) is 4.79 Å². The van der Waals surface area contributed by atoms with Crippen LogP contribution in [0.15, 0.2) is 24.5 Å². The summed E-state index contributed by atoms with van der Waals surface area (Å²) < 4.78 is 1.32. The van der Waals surface area contributed by atoms with E-state index in [1.54, 1.807) is 12.3 Å². The van der Waals surface area contributed by atoms with E-state index in [-0.39, 0.29) is 5.56 Å². The number of rotatable bonds is 2. The Morgan fingerprint density at radius 3 is 3.00 bits per heavy atom. The first kappa shape index (κ1) is 7.53. The van der Waals surface area contributed by atoms with Crippen LogP contribution in [0.25, 0.3) is 0 Å². The van der Waals surface area contributed by atoms with Gasteiger partial charge in [0.05, 0.1) is 0 Å². The molecule has 0 saturated carbocycles. The zero-order chi connectivity index (χ0) is 8.27. The number of hydrogen-bond acceptors (Lipinski definition) is 2. The van der Waals surface area contributed by atoms with Gasteiger partial charge in [-0.05, 0) is 6.07 Å². The zero-order valence-corrected chi connectivity index (χ0v) is 6.02. The summed E-state index contributed by atoms with van der Waals surface area (Å²) in [5.41, 5.74) is 0.203. The highest BCUT2D eigenvalue weighted by molar-refractivity contribution is 5.86. The summed E-state index contributed by atoms with van der Waals surface area (Å²) in [6.45, 7) is 0. The van der Waals surface area contributed by atoms with Crippen molar-refractivity contribution in [3.05, 3.63) is 30.1 Å². The molecule has 0 aliphatic heterocycles. The SMILES string of the molecule is CO[n+]1cccc(C(=O)O)c1. The number of pyridine rings is 1. The Morgan fingerprint density at radius 1 is 1.73 bits per heavy atom. The second-order valence-electron chi connectivity index (χ2n) is 1.94. The van der Waals surface area contributed by atoms with Crippen LogP contribution >= 0.6 is 0 Å². The molecule has 0 radical (unpaired) electrons. The summed E-state index contributed by atoms with van der Waals surface area (Å²) in [7, 11) is 1.46. The fourth-order valence-electron chi connectivity index (χ4n) is 0.695. The Balaban J connectivity index is 3.01. The molecule has 1 rings (SSSR count). The molecule has 1 aromatic rings. The van der Waals surface area contributed by atoms with E-state index in [0.717, 1.165) is 0 Å². The summed E-state index contributed by atoms with van der Waals surface area (Å²) in [6, 6.07) is 3.10. The van der Waals surface area contributed by atoms with Crippen LogP contribution in [-0.4, -0.2) is 18.2 Å². The maximum atomic E-state index is 10.4. The molecule has 0 aliphatic rings. The van der Waals surface area contributed by atoms with Gasteiger partial charge in [0.1, 0.15) is 12.7 Å².